The van der Waals surface area contributed by atoms with Gasteiger partial charge in [0.15, 0.2) is 11.5 Å². The molecule has 16 heavy (non-hydrogen) atoms. The molecule has 3 N–H and O–H groups in total. The number of phenolic OH excluding ortho intramolecular Hbond substituents is 1. The van der Waals surface area contributed by atoms with Gasteiger partial charge in [0, 0.05) is 0 Å². The van der Waals surface area contributed by atoms with Crippen molar-refractivity contribution in [2.75, 3.05) is 13.3 Å². The van der Waals surface area contributed by atoms with E-state index in [-0.39, 0.29) is 18.2 Å². The van der Waals surface area contributed by atoms with Crippen molar-refractivity contribution in [1.29, 1.82) is 0 Å². The van der Waals surface area contributed by atoms with Crippen LogP contribution in [0.4, 0.5) is 4.39 Å². The van der Waals surface area contributed by atoms with Crippen LogP contribution >= 0.6 is 28.3 Å². The molecule has 0 bridgehead atoms. The van der Waals surface area contributed by atoms with Gasteiger partial charge in [-0.2, -0.15) is 0 Å². The number of ether oxygens (including phenoxy) is 1. The second kappa shape index (κ2) is 6.93. The van der Waals surface area contributed by atoms with Crippen molar-refractivity contribution in [3.05, 3.63) is 22.2 Å². The fourth-order valence-electron chi connectivity index (χ4n) is 1.16. The van der Waals surface area contributed by atoms with E-state index in [1.807, 2.05) is 0 Å². The summed E-state index contributed by atoms with van der Waals surface area (Å²) >= 11 is 3.16. The van der Waals surface area contributed by atoms with Crippen LogP contribution in [0.3, 0.4) is 0 Å². The summed E-state index contributed by atoms with van der Waals surface area (Å²) in [5.41, 5.74) is 6.13. The molecular formula is C10H14BrClFNO2. The molecule has 0 aliphatic heterocycles. The molecule has 1 aromatic carbocycles. The second-order valence-electron chi connectivity index (χ2n) is 3.04. The normalized spacial score (nSPS) is 11.8. The highest BCUT2D eigenvalue weighted by molar-refractivity contribution is 9.10. The van der Waals surface area contributed by atoms with Crippen molar-refractivity contribution in [3.63, 3.8) is 0 Å². The fourth-order valence-corrected chi connectivity index (χ4v) is 1.62. The molecule has 0 aliphatic carbocycles. The fraction of sp³-hybridized carbons (Fsp3) is 0.400. The van der Waals surface area contributed by atoms with E-state index in [1.165, 1.54) is 0 Å². The molecule has 0 fully saturated rings. The summed E-state index contributed by atoms with van der Waals surface area (Å²) in [4.78, 5) is 0. The quantitative estimate of drug-likeness (QED) is 0.898. The molecule has 92 valence electrons. The Bertz CT molecular complexity index is 352. The van der Waals surface area contributed by atoms with Crippen LogP contribution in [0.25, 0.3) is 0 Å². The first-order valence-corrected chi connectivity index (χ1v) is 5.36. The molecule has 0 saturated heterocycles. The minimum atomic E-state index is -0.693. The van der Waals surface area contributed by atoms with Crippen LogP contribution in [-0.2, 0) is 0 Å². The molecule has 0 spiro atoms. The Morgan fingerprint density at radius 1 is 1.56 bits per heavy atom. The van der Waals surface area contributed by atoms with E-state index in [2.05, 4.69) is 15.9 Å². The van der Waals surface area contributed by atoms with Crippen LogP contribution in [0.1, 0.15) is 18.5 Å². The van der Waals surface area contributed by atoms with Gasteiger partial charge >= 0.3 is 0 Å². The van der Waals surface area contributed by atoms with E-state index in [4.69, 9.17) is 10.5 Å². The Morgan fingerprint density at radius 2 is 2.19 bits per heavy atom. The Labute approximate surface area is 108 Å². The topological polar surface area (TPSA) is 55.5 Å². The van der Waals surface area contributed by atoms with Gasteiger partial charge in [-0.3, -0.25) is 0 Å². The van der Waals surface area contributed by atoms with E-state index >= 15 is 0 Å². The summed E-state index contributed by atoms with van der Waals surface area (Å²) in [6, 6.07) is 2.44. The second-order valence-corrected chi connectivity index (χ2v) is 3.90. The van der Waals surface area contributed by atoms with Gasteiger partial charge in [-0.05, 0) is 40.5 Å². The van der Waals surface area contributed by atoms with Crippen molar-refractivity contribution < 1.29 is 14.2 Å². The number of phenols is 1. The lowest BCUT2D eigenvalue weighted by atomic mass is 10.1. The third-order valence-electron chi connectivity index (χ3n) is 1.94. The predicted molar refractivity (Wildman–Crippen MR) is 67.1 cm³/mol. The average molecular weight is 315 g/mol. The molecular weight excluding hydrogens is 300 g/mol. The lowest BCUT2D eigenvalue weighted by Gasteiger charge is -2.13. The van der Waals surface area contributed by atoms with E-state index in [0.717, 1.165) is 0 Å². The Balaban J connectivity index is 0.00000225. The first-order chi connectivity index (χ1) is 7.10. The molecule has 0 aliphatic rings. The zero-order chi connectivity index (χ0) is 11.4. The van der Waals surface area contributed by atoms with Crippen molar-refractivity contribution in [2.45, 2.75) is 13.0 Å². The number of benzene rings is 1. The van der Waals surface area contributed by atoms with Gasteiger partial charge in [-0.15, -0.1) is 12.4 Å². The molecule has 1 rings (SSSR count). The Hall–Kier alpha value is -0.520. The standard InChI is InChI=1S/C10H13BrFNO2.ClH/c1-2-15-9-4-6(8(13)5-12)3-7(11)10(9)14;/h3-4,8,14H,2,5,13H2,1H3;1H/t8-;/m1./s1. The van der Waals surface area contributed by atoms with Crippen LogP contribution in [0.2, 0.25) is 0 Å². The van der Waals surface area contributed by atoms with Crippen molar-refractivity contribution in [3.8, 4) is 11.5 Å². The summed E-state index contributed by atoms with van der Waals surface area (Å²) in [5, 5.41) is 9.60. The van der Waals surface area contributed by atoms with Crippen LogP contribution in [-0.4, -0.2) is 18.4 Å². The first kappa shape index (κ1) is 15.5. The van der Waals surface area contributed by atoms with Gasteiger partial charge in [0.2, 0.25) is 0 Å². The third-order valence-corrected chi connectivity index (χ3v) is 2.55. The van der Waals surface area contributed by atoms with Crippen molar-refractivity contribution in [1.82, 2.24) is 0 Å². The number of hydrogen-bond acceptors (Lipinski definition) is 3. The van der Waals surface area contributed by atoms with Crippen molar-refractivity contribution in [2.24, 2.45) is 5.73 Å². The maximum Gasteiger partial charge on any atom is 0.172 e. The van der Waals surface area contributed by atoms with Crippen LogP contribution in [0.5, 0.6) is 11.5 Å². The SMILES string of the molecule is CCOc1cc([C@H](N)CF)cc(Br)c1O.Cl. The molecule has 1 atom stereocenters. The number of nitrogens with two attached hydrogens (primary N) is 1. The molecule has 0 aromatic heterocycles. The maximum atomic E-state index is 12.4. The number of alkyl halides is 1. The number of halogens is 3. The zero-order valence-electron chi connectivity index (χ0n) is 8.74. The number of aromatic hydroxyl groups is 1. The molecule has 0 saturated carbocycles. The van der Waals surface area contributed by atoms with E-state index in [0.29, 0.717) is 22.4 Å². The summed E-state index contributed by atoms with van der Waals surface area (Å²) in [7, 11) is 0. The highest BCUT2D eigenvalue weighted by Gasteiger charge is 2.13. The van der Waals surface area contributed by atoms with Crippen molar-refractivity contribution >= 4 is 28.3 Å². The predicted octanol–water partition coefficient (Wildman–Crippen LogP) is 2.94. The maximum absolute atomic E-state index is 12.4. The number of rotatable bonds is 4. The molecule has 1 aromatic rings. The average Bonchev–Trinajstić information content (AvgIpc) is 2.23. The molecule has 6 heteroatoms. The van der Waals surface area contributed by atoms with Gasteiger partial charge in [0.05, 0.1) is 17.1 Å². The smallest absolute Gasteiger partial charge is 0.172 e. The molecule has 0 amide bonds. The van der Waals surface area contributed by atoms with E-state index in [1.54, 1.807) is 19.1 Å². The van der Waals surface area contributed by atoms with Gasteiger partial charge in [0.25, 0.3) is 0 Å². The van der Waals surface area contributed by atoms with Crippen LogP contribution < -0.4 is 10.5 Å². The monoisotopic (exact) mass is 313 g/mol. The van der Waals surface area contributed by atoms with Gasteiger partial charge in [-0.25, -0.2) is 4.39 Å². The minimum absolute atomic E-state index is 0. The molecule has 3 nitrogen and oxygen atoms in total. The van der Waals surface area contributed by atoms with E-state index in [9.17, 15) is 9.50 Å². The number of hydrogen-bond donors (Lipinski definition) is 2. The molecule has 0 unspecified atom stereocenters. The summed E-state index contributed by atoms with van der Waals surface area (Å²) in [5.74, 6) is 0.317. The Kier molecular flexibility index (Phi) is 6.71. The van der Waals surface area contributed by atoms with Gasteiger partial charge in [-0.1, -0.05) is 0 Å². The van der Waals surface area contributed by atoms with E-state index < -0.39 is 12.7 Å². The zero-order valence-corrected chi connectivity index (χ0v) is 11.1. The van der Waals surface area contributed by atoms with Crippen LogP contribution in [0, 0.1) is 0 Å². The van der Waals surface area contributed by atoms with Crippen LogP contribution in [0.15, 0.2) is 16.6 Å². The minimum Gasteiger partial charge on any atom is -0.503 e. The van der Waals surface area contributed by atoms with Gasteiger partial charge in [0.1, 0.15) is 6.67 Å². The van der Waals surface area contributed by atoms with Gasteiger partial charge < -0.3 is 15.6 Å². The lowest BCUT2D eigenvalue weighted by molar-refractivity contribution is 0.316. The Morgan fingerprint density at radius 3 is 2.69 bits per heavy atom. The third kappa shape index (κ3) is 3.50. The molecule has 0 heterocycles. The first-order valence-electron chi connectivity index (χ1n) is 4.56. The summed E-state index contributed by atoms with van der Waals surface area (Å²) in [6.07, 6.45) is 0. The highest BCUT2D eigenvalue weighted by Crippen LogP contribution is 2.36. The largest absolute Gasteiger partial charge is 0.503 e. The summed E-state index contributed by atoms with van der Waals surface area (Å²) < 4.78 is 18.0. The molecule has 0 radical (unpaired) electrons. The highest BCUT2D eigenvalue weighted by atomic mass is 79.9. The lowest BCUT2D eigenvalue weighted by Crippen LogP contribution is -2.12. The summed E-state index contributed by atoms with van der Waals surface area (Å²) in [6.45, 7) is 1.58.